The zero-order valence-electron chi connectivity index (χ0n) is 15.8. The first-order valence-electron chi connectivity index (χ1n) is 9.17. The van der Waals surface area contributed by atoms with Gasteiger partial charge in [-0.2, -0.15) is 0 Å². The number of carboxylic acids is 1. The van der Waals surface area contributed by atoms with Crippen LogP contribution in [0.2, 0.25) is 0 Å². The van der Waals surface area contributed by atoms with E-state index in [2.05, 4.69) is 5.32 Å². The van der Waals surface area contributed by atoms with Crippen molar-refractivity contribution in [3.05, 3.63) is 101 Å². The van der Waals surface area contributed by atoms with Gasteiger partial charge in [-0.15, -0.1) is 0 Å². The number of hydrogen-bond donors (Lipinski definition) is 2. The van der Waals surface area contributed by atoms with E-state index in [-0.39, 0.29) is 6.42 Å². The Morgan fingerprint density at radius 1 is 0.933 bits per heavy atom. The van der Waals surface area contributed by atoms with Gasteiger partial charge in [0.05, 0.1) is 5.56 Å². The monoisotopic (exact) mass is 411 g/mol. The molecule has 0 aromatic heterocycles. The Morgan fingerprint density at radius 2 is 1.67 bits per heavy atom. The summed E-state index contributed by atoms with van der Waals surface area (Å²) in [4.78, 5) is 23.9. The molecule has 0 spiro atoms. The van der Waals surface area contributed by atoms with E-state index in [1.165, 1.54) is 0 Å². The molecular formula is C23H19F2NO4. The van der Waals surface area contributed by atoms with Gasteiger partial charge in [-0.05, 0) is 35.4 Å². The molecule has 0 aliphatic heterocycles. The van der Waals surface area contributed by atoms with Gasteiger partial charge in [0, 0.05) is 12.5 Å². The molecule has 7 heteroatoms. The van der Waals surface area contributed by atoms with E-state index < -0.39 is 35.1 Å². The molecule has 0 aliphatic carbocycles. The maximum Gasteiger partial charge on any atom is 0.326 e. The molecular weight excluding hydrogens is 392 g/mol. The summed E-state index contributed by atoms with van der Waals surface area (Å²) in [5.74, 6) is -3.55. The summed E-state index contributed by atoms with van der Waals surface area (Å²) in [6.45, 7) is 0.354. The van der Waals surface area contributed by atoms with E-state index in [1.54, 1.807) is 24.3 Å². The van der Waals surface area contributed by atoms with Crippen LogP contribution in [0.1, 0.15) is 21.5 Å². The highest BCUT2D eigenvalue weighted by Crippen LogP contribution is 2.17. The van der Waals surface area contributed by atoms with Crippen LogP contribution >= 0.6 is 0 Å². The summed E-state index contributed by atoms with van der Waals surface area (Å²) < 4.78 is 32.5. The molecule has 0 fully saturated rings. The van der Waals surface area contributed by atoms with Gasteiger partial charge in [-0.1, -0.05) is 42.5 Å². The molecule has 1 amide bonds. The van der Waals surface area contributed by atoms with Crippen LogP contribution in [0.4, 0.5) is 8.78 Å². The Morgan fingerprint density at radius 3 is 2.37 bits per heavy atom. The summed E-state index contributed by atoms with van der Waals surface area (Å²) in [5, 5.41) is 11.7. The fourth-order valence-electron chi connectivity index (χ4n) is 2.85. The highest BCUT2D eigenvalue weighted by Gasteiger charge is 2.23. The lowest BCUT2D eigenvalue weighted by atomic mass is 10.0. The Kier molecular flexibility index (Phi) is 6.75. The topological polar surface area (TPSA) is 75.6 Å². The van der Waals surface area contributed by atoms with E-state index in [1.807, 2.05) is 30.3 Å². The SMILES string of the molecule is O=C(N[C@H](Cc1cccc(OCc2ccccc2)c1)C(=O)O)c1ccc(F)cc1F. The second kappa shape index (κ2) is 9.65. The summed E-state index contributed by atoms with van der Waals surface area (Å²) in [6.07, 6.45) is -0.0353. The van der Waals surface area contributed by atoms with Crippen molar-refractivity contribution < 1.29 is 28.2 Å². The van der Waals surface area contributed by atoms with Crippen molar-refractivity contribution in [3.63, 3.8) is 0 Å². The molecule has 154 valence electrons. The van der Waals surface area contributed by atoms with Gasteiger partial charge in [-0.3, -0.25) is 4.79 Å². The zero-order chi connectivity index (χ0) is 21.5. The van der Waals surface area contributed by atoms with E-state index in [0.29, 0.717) is 24.0 Å². The van der Waals surface area contributed by atoms with Gasteiger partial charge in [0.25, 0.3) is 5.91 Å². The Balaban J connectivity index is 1.67. The molecule has 0 saturated heterocycles. The second-order valence-electron chi connectivity index (χ2n) is 6.61. The molecule has 3 aromatic rings. The minimum absolute atomic E-state index is 0.0353. The van der Waals surface area contributed by atoms with Crippen LogP contribution in [0.25, 0.3) is 0 Å². The maximum atomic E-state index is 13.8. The second-order valence-corrected chi connectivity index (χ2v) is 6.61. The molecule has 3 aromatic carbocycles. The fraction of sp³-hybridized carbons (Fsp3) is 0.130. The predicted octanol–water partition coefficient (Wildman–Crippen LogP) is 3.97. The molecule has 0 unspecified atom stereocenters. The van der Waals surface area contributed by atoms with Gasteiger partial charge in [0.1, 0.15) is 30.0 Å². The van der Waals surface area contributed by atoms with Crippen LogP contribution < -0.4 is 10.1 Å². The van der Waals surface area contributed by atoms with Crippen LogP contribution in [0.3, 0.4) is 0 Å². The number of halogens is 2. The minimum atomic E-state index is -1.30. The number of rotatable bonds is 8. The molecule has 0 saturated carbocycles. The first-order chi connectivity index (χ1) is 14.4. The Labute approximate surface area is 171 Å². The Hall–Kier alpha value is -3.74. The third kappa shape index (κ3) is 5.64. The van der Waals surface area contributed by atoms with Gasteiger partial charge >= 0.3 is 5.97 Å². The largest absolute Gasteiger partial charge is 0.489 e. The maximum absolute atomic E-state index is 13.8. The van der Waals surface area contributed by atoms with Crippen LogP contribution in [0, 0.1) is 11.6 Å². The molecule has 0 radical (unpaired) electrons. The summed E-state index contributed by atoms with van der Waals surface area (Å²) in [5.41, 5.74) is 1.18. The number of benzene rings is 3. The van der Waals surface area contributed by atoms with E-state index in [0.717, 1.165) is 17.7 Å². The van der Waals surface area contributed by atoms with Crippen molar-refractivity contribution in [1.82, 2.24) is 5.32 Å². The predicted molar refractivity (Wildman–Crippen MR) is 106 cm³/mol. The molecule has 3 rings (SSSR count). The van der Waals surface area contributed by atoms with Crippen molar-refractivity contribution in [1.29, 1.82) is 0 Å². The number of hydrogen-bond acceptors (Lipinski definition) is 3. The molecule has 0 bridgehead atoms. The third-order valence-electron chi connectivity index (χ3n) is 4.37. The molecule has 0 heterocycles. The third-order valence-corrected chi connectivity index (χ3v) is 4.37. The lowest BCUT2D eigenvalue weighted by molar-refractivity contribution is -0.139. The van der Waals surface area contributed by atoms with Gasteiger partial charge in [0.2, 0.25) is 0 Å². The average molecular weight is 411 g/mol. The number of aliphatic carboxylic acids is 1. The highest BCUT2D eigenvalue weighted by molar-refractivity contribution is 5.96. The fourth-order valence-corrected chi connectivity index (χ4v) is 2.85. The normalized spacial score (nSPS) is 11.5. The van der Waals surface area contributed by atoms with Gasteiger partial charge in [-0.25, -0.2) is 13.6 Å². The highest BCUT2D eigenvalue weighted by atomic mass is 19.1. The molecule has 2 N–H and O–H groups in total. The number of carbonyl (C=O) groups excluding carboxylic acids is 1. The molecule has 5 nitrogen and oxygen atoms in total. The van der Waals surface area contributed by atoms with Crippen molar-refractivity contribution in [3.8, 4) is 5.75 Å². The lowest BCUT2D eigenvalue weighted by Crippen LogP contribution is -2.42. The van der Waals surface area contributed by atoms with Crippen LogP contribution in [-0.4, -0.2) is 23.0 Å². The summed E-state index contributed by atoms with van der Waals surface area (Å²) >= 11 is 0. The summed E-state index contributed by atoms with van der Waals surface area (Å²) in [7, 11) is 0. The zero-order valence-corrected chi connectivity index (χ0v) is 15.8. The number of nitrogens with one attached hydrogen (secondary N) is 1. The van der Waals surface area contributed by atoms with Crippen molar-refractivity contribution >= 4 is 11.9 Å². The molecule has 1 atom stereocenters. The van der Waals surface area contributed by atoms with Crippen molar-refractivity contribution in [2.45, 2.75) is 19.1 Å². The minimum Gasteiger partial charge on any atom is -0.489 e. The number of carbonyl (C=O) groups is 2. The first-order valence-corrected chi connectivity index (χ1v) is 9.17. The lowest BCUT2D eigenvalue weighted by Gasteiger charge is -2.16. The smallest absolute Gasteiger partial charge is 0.326 e. The molecule has 30 heavy (non-hydrogen) atoms. The summed E-state index contributed by atoms with van der Waals surface area (Å²) in [6, 6.07) is 17.6. The van der Waals surface area contributed by atoms with Crippen molar-refractivity contribution in [2.75, 3.05) is 0 Å². The average Bonchev–Trinajstić information content (AvgIpc) is 2.72. The van der Waals surface area contributed by atoms with Crippen LogP contribution in [0.15, 0.2) is 72.8 Å². The number of amides is 1. The van der Waals surface area contributed by atoms with Crippen LogP contribution in [-0.2, 0) is 17.8 Å². The molecule has 0 aliphatic rings. The van der Waals surface area contributed by atoms with Gasteiger partial charge < -0.3 is 15.2 Å². The van der Waals surface area contributed by atoms with E-state index in [9.17, 15) is 23.5 Å². The van der Waals surface area contributed by atoms with Crippen molar-refractivity contribution in [2.24, 2.45) is 0 Å². The number of carboxylic acid groups (broad SMARTS) is 1. The number of ether oxygens (including phenoxy) is 1. The quantitative estimate of drug-likeness (QED) is 0.588. The van der Waals surface area contributed by atoms with E-state index >= 15 is 0 Å². The van der Waals surface area contributed by atoms with Crippen LogP contribution in [0.5, 0.6) is 5.75 Å². The Bertz CT molecular complexity index is 1040. The first kappa shape index (κ1) is 21.0. The standard InChI is InChI=1S/C23H19F2NO4/c24-17-9-10-19(20(25)13-17)22(27)26-21(23(28)29)12-16-7-4-8-18(11-16)30-14-15-5-2-1-3-6-15/h1-11,13,21H,12,14H2,(H,26,27)(H,28,29)/t21-/m1/s1. The van der Waals surface area contributed by atoms with Gasteiger partial charge in [0.15, 0.2) is 0 Å². The van der Waals surface area contributed by atoms with E-state index in [4.69, 9.17) is 4.74 Å².